The second kappa shape index (κ2) is 5.60. The van der Waals surface area contributed by atoms with E-state index >= 15 is 0 Å². The third kappa shape index (κ3) is 2.20. The van der Waals surface area contributed by atoms with Crippen LogP contribution in [0, 0.1) is 12.8 Å². The van der Waals surface area contributed by atoms with Crippen LogP contribution in [0.4, 0.5) is 0 Å². The standard InChI is InChI=1S/C23H29NO/c1-7-18-21(15(3)24(6)23(18,4)5)20-14(2)12-13-17-16-10-8-9-11-19(16)25-22(17)20/h8-13,15,18,21H,7H2,1-6H3/t15-,18?,21?/m1/s1. The Hall–Kier alpha value is -1.80. The molecule has 2 heteroatoms. The number of rotatable bonds is 2. The van der Waals surface area contributed by atoms with Crippen LogP contribution < -0.4 is 0 Å². The van der Waals surface area contributed by atoms with Gasteiger partial charge in [-0.3, -0.25) is 4.90 Å². The second-order valence-electron chi connectivity index (χ2n) is 8.32. The van der Waals surface area contributed by atoms with Gasteiger partial charge >= 0.3 is 0 Å². The topological polar surface area (TPSA) is 16.4 Å². The van der Waals surface area contributed by atoms with Gasteiger partial charge in [0, 0.05) is 33.8 Å². The molecule has 0 bridgehead atoms. The Kier molecular flexibility index (Phi) is 3.73. The van der Waals surface area contributed by atoms with Crippen molar-refractivity contribution in [3.63, 3.8) is 0 Å². The van der Waals surface area contributed by atoms with Crippen molar-refractivity contribution in [3.05, 3.63) is 47.5 Å². The fourth-order valence-electron chi connectivity index (χ4n) is 5.32. The van der Waals surface area contributed by atoms with Gasteiger partial charge in [-0.2, -0.15) is 0 Å². The van der Waals surface area contributed by atoms with Crippen molar-refractivity contribution in [1.82, 2.24) is 4.90 Å². The summed E-state index contributed by atoms with van der Waals surface area (Å²) in [5.41, 5.74) is 5.07. The Labute approximate surface area is 150 Å². The van der Waals surface area contributed by atoms with Crippen LogP contribution in [0.3, 0.4) is 0 Å². The van der Waals surface area contributed by atoms with E-state index in [0.29, 0.717) is 17.9 Å². The van der Waals surface area contributed by atoms with E-state index in [1.54, 1.807) is 0 Å². The van der Waals surface area contributed by atoms with E-state index in [1.807, 2.05) is 0 Å². The van der Waals surface area contributed by atoms with Crippen LogP contribution in [0.5, 0.6) is 0 Å². The fourth-order valence-corrected chi connectivity index (χ4v) is 5.32. The number of benzene rings is 2. The molecule has 0 aliphatic carbocycles. The van der Waals surface area contributed by atoms with Crippen molar-refractivity contribution in [2.45, 2.75) is 58.5 Å². The third-order valence-corrected chi connectivity index (χ3v) is 6.96. The highest BCUT2D eigenvalue weighted by Gasteiger charge is 2.50. The molecule has 0 N–H and O–H groups in total. The van der Waals surface area contributed by atoms with Gasteiger partial charge in [-0.25, -0.2) is 0 Å². The summed E-state index contributed by atoms with van der Waals surface area (Å²) in [6.45, 7) is 11.7. The maximum Gasteiger partial charge on any atom is 0.139 e. The maximum atomic E-state index is 6.40. The van der Waals surface area contributed by atoms with Gasteiger partial charge in [0.1, 0.15) is 11.2 Å². The monoisotopic (exact) mass is 335 g/mol. The van der Waals surface area contributed by atoms with Crippen molar-refractivity contribution >= 4 is 21.9 Å². The summed E-state index contributed by atoms with van der Waals surface area (Å²) in [7, 11) is 2.28. The molecule has 2 aromatic carbocycles. The van der Waals surface area contributed by atoms with Crippen LogP contribution >= 0.6 is 0 Å². The first-order chi connectivity index (χ1) is 11.9. The van der Waals surface area contributed by atoms with Crippen molar-refractivity contribution in [2.75, 3.05) is 7.05 Å². The molecule has 1 aromatic heterocycles. The predicted molar refractivity (Wildman–Crippen MR) is 106 cm³/mol. The molecule has 132 valence electrons. The lowest BCUT2D eigenvalue weighted by molar-refractivity contribution is 0.145. The van der Waals surface area contributed by atoms with Gasteiger partial charge in [-0.05, 0) is 52.3 Å². The van der Waals surface area contributed by atoms with Crippen LogP contribution in [0.1, 0.15) is 51.2 Å². The molecular weight excluding hydrogens is 306 g/mol. The Morgan fingerprint density at radius 2 is 1.80 bits per heavy atom. The number of nitrogens with zero attached hydrogens (tertiary/aromatic N) is 1. The highest BCUT2D eigenvalue weighted by atomic mass is 16.3. The molecule has 1 fully saturated rings. The van der Waals surface area contributed by atoms with E-state index in [-0.39, 0.29) is 5.54 Å². The van der Waals surface area contributed by atoms with Crippen LogP contribution in [0.15, 0.2) is 40.8 Å². The van der Waals surface area contributed by atoms with Gasteiger partial charge in [0.2, 0.25) is 0 Å². The zero-order valence-electron chi connectivity index (χ0n) is 16.3. The molecule has 0 spiro atoms. The first kappa shape index (κ1) is 16.7. The lowest BCUT2D eigenvalue weighted by Gasteiger charge is -2.34. The zero-order chi connectivity index (χ0) is 17.9. The highest BCUT2D eigenvalue weighted by Crippen LogP contribution is 2.51. The van der Waals surface area contributed by atoms with Gasteiger partial charge in [0.05, 0.1) is 0 Å². The van der Waals surface area contributed by atoms with E-state index < -0.39 is 0 Å². The zero-order valence-corrected chi connectivity index (χ0v) is 16.3. The average molecular weight is 335 g/mol. The molecule has 0 radical (unpaired) electrons. The fraction of sp³-hybridized carbons (Fsp3) is 0.478. The molecule has 2 unspecified atom stereocenters. The molecule has 0 saturated carbocycles. The minimum Gasteiger partial charge on any atom is -0.456 e. The Morgan fingerprint density at radius 3 is 2.52 bits per heavy atom. The molecule has 1 aliphatic rings. The Bertz CT molecular complexity index is 936. The van der Waals surface area contributed by atoms with Crippen LogP contribution in [0.2, 0.25) is 0 Å². The Morgan fingerprint density at radius 1 is 1.08 bits per heavy atom. The summed E-state index contributed by atoms with van der Waals surface area (Å²) < 4.78 is 6.40. The van der Waals surface area contributed by atoms with E-state index in [0.717, 1.165) is 11.2 Å². The largest absolute Gasteiger partial charge is 0.456 e. The molecule has 2 nitrogen and oxygen atoms in total. The lowest BCUT2D eigenvalue weighted by atomic mass is 9.74. The average Bonchev–Trinajstić information content (AvgIpc) is 3.04. The summed E-state index contributed by atoms with van der Waals surface area (Å²) in [5.74, 6) is 1.11. The number of likely N-dealkylation sites (tertiary alicyclic amines) is 1. The number of aryl methyl sites for hydroxylation is 1. The third-order valence-electron chi connectivity index (χ3n) is 6.96. The molecule has 2 heterocycles. The van der Waals surface area contributed by atoms with Crippen molar-refractivity contribution in [1.29, 1.82) is 0 Å². The van der Waals surface area contributed by atoms with Gasteiger partial charge in [0.15, 0.2) is 0 Å². The summed E-state index contributed by atoms with van der Waals surface area (Å²) in [5, 5.41) is 2.48. The molecular formula is C23H29NO. The normalized spacial score (nSPS) is 26.7. The number of likely N-dealkylation sites (N-methyl/N-ethyl adjacent to an activating group) is 1. The van der Waals surface area contributed by atoms with Gasteiger partial charge < -0.3 is 4.42 Å². The first-order valence-electron chi connectivity index (χ1n) is 9.51. The SMILES string of the molecule is CCC1C(c2c(C)ccc3c2oc2ccccc23)[C@@H](C)N(C)C1(C)C. The van der Waals surface area contributed by atoms with Crippen LogP contribution in [-0.4, -0.2) is 23.5 Å². The molecule has 4 rings (SSSR count). The van der Waals surface area contributed by atoms with Gasteiger partial charge in [-0.1, -0.05) is 43.7 Å². The molecule has 1 saturated heterocycles. The highest BCUT2D eigenvalue weighted by molar-refractivity contribution is 6.06. The van der Waals surface area contributed by atoms with E-state index in [9.17, 15) is 0 Å². The van der Waals surface area contributed by atoms with E-state index in [1.165, 1.54) is 28.3 Å². The van der Waals surface area contributed by atoms with Crippen LogP contribution in [-0.2, 0) is 0 Å². The molecule has 1 aliphatic heterocycles. The second-order valence-corrected chi connectivity index (χ2v) is 8.32. The van der Waals surface area contributed by atoms with E-state index in [4.69, 9.17) is 4.42 Å². The minimum atomic E-state index is 0.194. The molecule has 25 heavy (non-hydrogen) atoms. The predicted octanol–water partition coefficient (Wildman–Crippen LogP) is 6.12. The molecule has 3 aromatic rings. The molecule has 0 amide bonds. The van der Waals surface area contributed by atoms with Crippen molar-refractivity contribution in [2.24, 2.45) is 5.92 Å². The smallest absolute Gasteiger partial charge is 0.139 e. The summed E-state index contributed by atoms with van der Waals surface area (Å²) >= 11 is 0. The lowest BCUT2D eigenvalue weighted by Crippen LogP contribution is -2.41. The van der Waals surface area contributed by atoms with Crippen LogP contribution in [0.25, 0.3) is 21.9 Å². The van der Waals surface area contributed by atoms with Crippen molar-refractivity contribution in [3.8, 4) is 0 Å². The number of hydrogen-bond acceptors (Lipinski definition) is 2. The summed E-state index contributed by atoms with van der Waals surface area (Å²) in [6.07, 6.45) is 1.18. The van der Waals surface area contributed by atoms with Crippen molar-refractivity contribution < 1.29 is 4.42 Å². The van der Waals surface area contributed by atoms with Gasteiger partial charge in [-0.15, -0.1) is 0 Å². The summed E-state index contributed by atoms with van der Waals surface area (Å²) in [4.78, 5) is 2.56. The number of fused-ring (bicyclic) bond motifs is 3. The summed E-state index contributed by atoms with van der Waals surface area (Å²) in [6, 6.07) is 13.4. The number of hydrogen-bond donors (Lipinski definition) is 0. The molecule has 3 atom stereocenters. The van der Waals surface area contributed by atoms with Gasteiger partial charge in [0.25, 0.3) is 0 Å². The number of para-hydroxylation sites is 1. The first-order valence-corrected chi connectivity index (χ1v) is 9.51. The minimum absolute atomic E-state index is 0.194. The Balaban J connectivity index is 2.01. The van der Waals surface area contributed by atoms with E-state index in [2.05, 4.69) is 83.0 Å². The number of furan rings is 1. The maximum absolute atomic E-state index is 6.40. The quantitative estimate of drug-likeness (QED) is 0.561.